The van der Waals surface area contributed by atoms with Gasteiger partial charge in [0, 0.05) is 12.1 Å². The Morgan fingerprint density at radius 2 is 1.71 bits per heavy atom. The van der Waals surface area contributed by atoms with Gasteiger partial charge in [-0.2, -0.15) is 0 Å². The summed E-state index contributed by atoms with van der Waals surface area (Å²) < 4.78 is 10.4. The lowest BCUT2D eigenvalue weighted by atomic mass is 10.3. The quantitative estimate of drug-likeness (QED) is 0.841. The van der Waals surface area contributed by atoms with E-state index in [0.717, 1.165) is 0 Å². The van der Waals surface area contributed by atoms with Gasteiger partial charge in [-0.1, -0.05) is 11.6 Å². The van der Waals surface area contributed by atoms with Gasteiger partial charge in [-0.3, -0.25) is 0 Å². The second-order valence-electron chi connectivity index (χ2n) is 2.62. The average molecular weight is 217 g/mol. The molecular weight excluding hydrogens is 204 g/mol. The van der Waals surface area contributed by atoms with Gasteiger partial charge in [0.1, 0.15) is 5.75 Å². The van der Waals surface area contributed by atoms with Crippen molar-refractivity contribution < 1.29 is 14.6 Å². The monoisotopic (exact) mass is 216 g/mol. The number of halogens is 1. The molecule has 0 unspecified atom stereocenters. The van der Waals surface area contributed by atoms with E-state index in [9.17, 15) is 5.11 Å². The van der Waals surface area contributed by atoms with Crippen molar-refractivity contribution in [3.63, 3.8) is 0 Å². The van der Waals surface area contributed by atoms with Crippen molar-refractivity contribution in [2.75, 3.05) is 13.2 Å². The Bertz CT molecular complexity index is 285. The molecule has 0 heterocycles. The second-order valence-corrected chi connectivity index (χ2v) is 3.02. The first-order valence-electron chi connectivity index (χ1n) is 4.47. The van der Waals surface area contributed by atoms with Gasteiger partial charge >= 0.3 is 0 Å². The first-order valence-corrected chi connectivity index (χ1v) is 4.85. The summed E-state index contributed by atoms with van der Waals surface area (Å²) >= 11 is 5.84. The predicted molar refractivity (Wildman–Crippen MR) is 55.5 cm³/mol. The first-order chi connectivity index (χ1) is 6.69. The molecule has 0 amide bonds. The molecule has 1 N–H and O–H groups in total. The van der Waals surface area contributed by atoms with Gasteiger partial charge in [0.25, 0.3) is 0 Å². The molecule has 0 aliphatic rings. The van der Waals surface area contributed by atoms with Gasteiger partial charge in [0.05, 0.1) is 18.2 Å². The highest BCUT2D eigenvalue weighted by Gasteiger charge is 2.09. The Morgan fingerprint density at radius 1 is 1.14 bits per heavy atom. The lowest BCUT2D eigenvalue weighted by molar-refractivity contribution is 0.307. The van der Waals surface area contributed by atoms with Crippen molar-refractivity contribution in [1.82, 2.24) is 0 Å². The molecule has 0 spiro atoms. The molecule has 0 radical (unpaired) electrons. The van der Waals surface area contributed by atoms with E-state index in [-0.39, 0.29) is 5.75 Å². The summed E-state index contributed by atoms with van der Waals surface area (Å²) in [4.78, 5) is 0. The molecule has 0 atom stereocenters. The van der Waals surface area contributed by atoms with Crippen molar-refractivity contribution in [2.45, 2.75) is 13.8 Å². The third kappa shape index (κ3) is 2.45. The molecular formula is C10H13ClO3. The van der Waals surface area contributed by atoms with Crippen LogP contribution < -0.4 is 9.47 Å². The van der Waals surface area contributed by atoms with Crippen LogP contribution >= 0.6 is 11.6 Å². The number of hydrogen-bond donors (Lipinski definition) is 1. The van der Waals surface area contributed by atoms with Gasteiger partial charge in [-0.25, -0.2) is 0 Å². The molecule has 0 saturated heterocycles. The molecule has 1 aromatic carbocycles. The highest BCUT2D eigenvalue weighted by atomic mass is 35.5. The number of benzene rings is 1. The second kappa shape index (κ2) is 4.96. The van der Waals surface area contributed by atoms with Crippen molar-refractivity contribution >= 4 is 11.6 Å². The average Bonchev–Trinajstić information content (AvgIpc) is 2.14. The highest BCUT2D eigenvalue weighted by Crippen LogP contribution is 2.36. The van der Waals surface area contributed by atoms with Gasteiger partial charge in [-0.15, -0.1) is 0 Å². The fraction of sp³-hybridized carbons (Fsp3) is 0.400. The van der Waals surface area contributed by atoms with Gasteiger partial charge in [0.15, 0.2) is 11.5 Å². The van der Waals surface area contributed by atoms with E-state index < -0.39 is 0 Å². The minimum atomic E-state index is 0.0281. The van der Waals surface area contributed by atoms with Crippen LogP contribution in [0.25, 0.3) is 0 Å². The molecule has 0 aliphatic carbocycles. The van der Waals surface area contributed by atoms with E-state index in [0.29, 0.717) is 29.7 Å². The number of aromatic hydroxyl groups is 1. The summed E-state index contributed by atoms with van der Waals surface area (Å²) in [5.41, 5.74) is 0. The Hall–Kier alpha value is -1.09. The molecule has 14 heavy (non-hydrogen) atoms. The number of rotatable bonds is 4. The van der Waals surface area contributed by atoms with Crippen molar-refractivity contribution in [3.05, 3.63) is 17.2 Å². The summed E-state index contributed by atoms with van der Waals surface area (Å²) in [5, 5.41) is 9.83. The SMILES string of the molecule is CCOc1cc(OCC)c(Cl)cc1O. The molecule has 0 aliphatic heterocycles. The zero-order valence-electron chi connectivity index (χ0n) is 8.21. The minimum Gasteiger partial charge on any atom is -0.504 e. The fourth-order valence-electron chi connectivity index (χ4n) is 1.06. The van der Waals surface area contributed by atoms with E-state index in [1.807, 2.05) is 13.8 Å². The predicted octanol–water partition coefficient (Wildman–Crippen LogP) is 2.84. The van der Waals surface area contributed by atoms with Crippen LogP contribution in [0.1, 0.15) is 13.8 Å². The maximum absolute atomic E-state index is 9.45. The molecule has 1 rings (SSSR count). The largest absolute Gasteiger partial charge is 0.504 e. The van der Waals surface area contributed by atoms with Crippen LogP contribution in [0.4, 0.5) is 0 Å². The summed E-state index contributed by atoms with van der Waals surface area (Å²) in [7, 11) is 0. The van der Waals surface area contributed by atoms with E-state index >= 15 is 0 Å². The van der Waals surface area contributed by atoms with E-state index in [4.69, 9.17) is 21.1 Å². The third-order valence-corrected chi connectivity index (χ3v) is 1.91. The lowest BCUT2D eigenvalue weighted by Crippen LogP contribution is -1.96. The number of phenols is 1. The molecule has 78 valence electrons. The molecule has 0 aromatic heterocycles. The normalized spacial score (nSPS) is 9.93. The summed E-state index contributed by atoms with van der Waals surface area (Å²) in [6.45, 7) is 4.72. The van der Waals surface area contributed by atoms with E-state index in [1.165, 1.54) is 6.07 Å². The fourth-order valence-corrected chi connectivity index (χ4v) is 1.27. The number of phenolic OH excluding ortho intramolecular Hbond substituents is 1. The van der Waals surface area contributed by atoms with Crippen LogP contribution in [-0.2, 0) is 0 Å². The smallest absolute Gasteiger partial charge is 0.164 e. The van der Waals surface area contributed by atoms with Crippen LogP contribution in [0.3, 0.4) is 0 Å². The van der Waals surface area contributed by atoms with Gasteiger partial charge < -0.3 is 14.6 Å². The van der Waals surface area contributed by atoms with Crippen molar-refractivity contribution in [2.24, 2.45) is 0 Å². The van der Waals surface area contributed by atoms with Crippen LogP contribution in [0.15, 0.2) is 12.1 Å². The Labute approximate surface area is 88.2 Å². The number of ether oxygens (including phenoxy) is 2. The van der Waals surface area contributed by atoms with E-state index in [2.05, 4.69) is 0 Å². The molecule has 1 aromatic rings. The van der Waals surface area contributed by atoms with Crippen LogP contribution in [0.2, 0.25) is 5.02 Å². The van der Waals surface area contributed by atoms with Gasteiger partial charge in [0.2, 0.25) is 0 Å². The number of hydrogen-bond acceptors (Lipinski definition) is 3. The topological polar surface area (TPSA) is 38.7 Å². The molecule has 0 bridgehead atoms. The molecule has 3 nitrogen and oxygen atoms in total. The standard InChI is InChI=1S/C10H13ClO3/c1-3-13-9-6-10(14-4-2)8(12)5-7(9)11/h5-6,12H,3-4H2,1-2H3. The van der Waals surface area contributed by atoms with Crippen molar-refractivity contribution in [3.8, 4) is 17.2 Å². The minimum absolute atomic E-state index is 0.0281. The summed E-state index contributed by atoms with van der Waals surface area (Å²) in [5.74, 6) is 0.941. The van der Waals surface area contributed by atoms with E-state index in [1.54, 1.807) is 6.07 Å². The van der Waals surface area contributed by atoms with Crippen LogP contribution in [-0.4, -0.2) is 18.3 Å². The highest BCUT2D eigenvalue weighted by molar-refractivity contribution is 6.32. The van der Waals surface area contributed by atoms with Crippen molar-refractivity contribution in [1.29, 1.82) is 0 Å². The van der Waals surface area contributed by atoms with Crippen LogP contribution in [0, 0.1) is 0 Å². The van der Waals surface area contributed by atoms with Crippen LogP contribution in [0.5, 0.6) is 17.2 Å². The zero-order valence-corrected chi connectivity index (χ0v) is 8.97. The first kappa shape index (κ1) is 11.0. The third-order valence-electron chi connectivity index (χ3n) is 1.61. The lowest BCUT2D eigenvalue weighted by Gasteiger charge is -2.10. The Balaban J connectivity index is 3.00. The Kier molecular flexibility index (Phi) is 3.89. The zero-order chi connectivity index (χ0) is 10.6. The molecule has 0 saturated carbocycles. The summed E-state index contributed by atoms with van der Waals surface area (Å²) in [6, 6.07) is 3.00. The maximum Gasteiger partial charge on any atom is 0.164 e. The molecule has 4 heteroatoms. The summed E-state index contributed by atoms with van der Waals surface area (Å²) in [6.07, 6.45) is 0. The van der Waals surface area contributed by atoms with Gasteiger partial charge in [-0.05, 0) is 13.8 Å². The maximum atomic E-state index is 9.45. The Morgan fingerprint density at radius 3 is 2.29 bits per heavy atom. The molecule has 0 fully saturated rings.